The zero-order valence-electron chi connectivity index (χ0n) is 22.0. The first-order valence-corrected chi connectivity index (χ1v) is 14.7. The van der Waals surface area contributed by atoms with Gasteiger partial charge in [0.25, 0.3) is 0 Å². The monoisotopic (exact) mass is 432 g/mol. The third-order valence-electron chi connectivity index (χ3n) is 6.53. The maximum Gasteiger partial charge on any atom is -0.0351 e. The smallest absolute Gasteiger partial charge is 0.0351 e. The summed E-state index contributed by atoms with van der Waals surface area (Å²) in [5, 5.41) is 0. The molecule has 0 saturated heterocycles. The van der Waals surface area contributed by atoms with Crippen LogP contribution < -0.4 is 0 Å². The maximum absolute atomic E-state index is 2.44. The molecule has 0 bridgehead atoms. The Bertz CT molecular complexity index is 351. The van der Waals surface area contributed by atoms with Gasteiger partial charge in [-0.15, -0.1) is 0 Å². The van der Waals surface area contributed by atoms with Crippen molar-refractivity contribution < 1.29 is 0 Å². The molecule has 0 spiro atoms. The summed E-state index contributed by atoms with van der Waals surface area (Å²) in [6.07, 6.45) is 45.0. The lowest BCUT2D eigenvalue weighted by Gasteiger charge is -2.03. The fraction of sp³-hybridized carbons (Fsp3) is 0.871. The van der Waals surface area contributed by atoms with Gasteiger partial charge in [-0.3, -0.25) is 0 Å². The fourth-order valence-corrected chi connectivity index (χ4v) is 4.39. The third kappa shape index (κ3) is 29.5. The van der Waals surface area contributed by atoms with Crippen LogP contribution in [0, 0.1) is 0 Å². The quantitative estimate of drug-likeness (QED) is 0.0941. The number of hydrogen-bond donors (Lipinski definition) is 0. The summed E-state index contributed by atoms with van der Waals surface area (Å²) in [4.78, 5) is 0. The molecule has 0 radical (unpaired) electrons. The molecule has 0 rings (SSSR count). The minimum atomic E-state index is 1.19. The normalized spacial score (nSPS) is 11.9. The molecule has 0 atom stereocenters. The van der Waals surface area contributed by atoms with E-state index in [4.69, 9.17) is 0 Å². The van der Waals surface area contributed by atoms with Gasteiger partial charge in [0.15, 0.2) is 0 Å². The number of unbranched alkanes of at least 4 members (excludes halogenated alkanes) is 22. The van der Waals surface area contributed by atoms with Gasteiger partial charge in [-0.2, -0.15) is 0 Å². The SMILES string of the molecule is CC/C=C\CCCCCCCCCCCCCCCCC/C=C\CCCCCCCC. The molecule has 0 N–H and O–H groups in total. The lowest BCUT2D eigenvalue weighted by atomic mass is 10.0. The molecule has 0 aliphatic heterocycles. The van der Waals surface area contributed by atoms with Crippen molar-refractivity contribution in [2.75, 3.05) is 0 Å². The van der Waals surface area contributed by atoms with Gasteiger partial charge in [0.05, 0.1) is 0 Å². The zero-order chi connectivity index (χ0) is 22.5. The first-order valence-electron chi connectivity index (χ1n) is 14.7. The van der Waals surface area contributed by atoms with Crippen LogP contribution in [0.15, 0.2) is 24.3 Å². The summed E-state index contributed by atoms with van der Waals surface area (Å²) >= 11 is 0. The average molecular weight is 433 g/mol. The second-order valence-corrected chi connectivity index (χ2v) is 9.79. The van der Waals surface area contributed by atoms with E-state index in [1.54, 1.807) is 0 Å². The van der Waals surface area contributed by atoms with Crippen molar-refractivity contribution in [1.82, 2.24) is 0 Å². The van der Waals surface area contributed by atoms with Gasteiger partial charge in [0, 0.05) is 0 Å². The number of hydrogen-bond acceptors (Lipinski definition) is 0. The second kappa shape index (κ2) is 29.5. The molecule has 0 aromatic heterocycles. The summed E-state index contributed by atoms with van der Waals surface area (Å²) < 4.78 is 0. The number of allylic oxidation sites excluding steroid dienone is 4. The predicted molar refractivity (Wildman–Crippen MR) is 145 cm³/mol. The van der Waals surface area contributed by atoms with Crippen LogP contribution in [0.1, 0.15) is 174 Å². The molecule has 0 unspecified atom stereocenters. The van der Waals surface area contributed by atoms with Crippen LogP contribution >= 0.6 is 0 Å². The van der Waals surface area contributed by atoms with Crippen LogP contribution in [0.2, 0.25) is 0 Å². The first kappa shape index (κ1) is 30.5. The topological polar surface area (TPSA) is 0 Å². The Morgan fingerprint density at radius 1 is 0.290 bits per heavy atom. The van der Waals surface area contributed by atoms with Crippen molar-refractivity contribution in [2.45, 2.75) is 174 Å². The average Bonchev–Trinajstić information content (AvgIpc) is 2.78. The van der Waals surface area contributed by atoms with Gasteiger partial charge in [0.2, 0.25) is 0 Å². The highest BCUT2D eigenvalue weighted by Crippen LogP contribution is 2.14. The van der Waals surface area contributed by atoms with E-state index in [-0.39, 0.29) is 0 Å². The largest absolute Gasteiger partial charge is 0.0888 e. The van der Waals surface area contributed by atoms with Crippen LogP contribution in [0.25, 0.3) is 0 Å². The van der Waals surface area contributed by atoms with Gasteiger partial charge in [-0.25, -0.2) is 0 Å². The Balaban J connectivity index is 3.06. The highest BCUT2D eigenvalue weighted by atomic mass is 14.0. The van der Waals surface area contributed by atoms with E-state index in [0.717, 1.165) is 0 Å². The van der Waals surface area contributed by atoms with E-state index in [1.165, 1.54) is 161 Å². The van der Waals surface area contributed by atoms with Crippen LogP contribution in [-0.2, 0) is 0 Å². The minimum absolute atomic E-state index is 1.19. The van der Waals surface area contributed by atoms with Crippen molar-refractivity contribution in [3.63, 3.8) is 0 Å². The van der Waals surface area contributed by atoms with Gasteiger partial charge >= 0.3 is 0 Å². The lowest BCUT2D eigenvalue weighted by molar-refractivity contribution is 0.531. The van der Waals surface area contributed by atoms with Gasteiger partial charge < -0.3 is 0 Å². The van der Waals surface area contributed by atoms with Crippen molar-refractivity contribution >= 4 is 0 Å². The lowest BCUT2D eigenvalue weighted by Crippen LogP contribution is -1.83. The van der Waals surface area contributed by atoms with E-state index >= 15 is 0 Å². The molecule has 0 heterocycles. The summed E-state index contributed by atoms with van der Waals surface area (Å²) in [5.74, 6) is 0. The van der Waals surface area contributed by atoms with Crippen molar-refractivity contribution in [1.29, 1.82) is 0 Å². The van der Waals surface area contributed by atoms with Crippen LogP contribution in [0.3, 0.4) is 0 Å². The maximum atomic E-state index is 2.44. The summed E-state index contributed by atoms with van der Waals surface area (Å²) in [7, 11) is 0. The van der Waals surface area contributed by atoms with Gasteiger partial charge in [0.1, 0.15) is 0 Å². The van der Waals surface area contributed by atoms with E-state index in [0.29, 0.717) is 0 Å². The highest BCUT2D eigenvalue weighted by Gasteiger charge is 1.94. The predicted octanol–water partition coefficient (Wildman–Crippen LogP) is 11.9. The molecule has 31 heavy (non-hydrogen) atoms. The van der Waals surface area contributed by atoms with E-state index < -0.39 is 0 Å². The molecule has 0 aromatic carbocycles. The zero-order valence-corrected chi connectivity index (χ0v) is 22.0. The number of rotatable bonds is 26. The molecule has 0 fully saturated rings. The van der Waals surface area contributed by atoms with Crippen molar-refractivity contribution in [3.05, 3.63) is 24.3 Å². The third-order valence-corrected chi connectivity index (χ3v) is 6.53. The summed E-state index contributed by atoms with van der Waals surface area (Å²) in [6.45, 7) is 4.51. The second-order valence-electron chi connectivity index (χ2n) is 9.79. The molecular formula is C31H60. The molecular weight excluding hydrogens is 372 g/mol. The van der Waals surface area contributed by atoms with Crippen molar-refractivity contribution in [3.8, 4) is 0 Å². The molecule has 0 nitrogen and oxygen atoms in total. The summed E-state index contributed by atoms with van der Waals surface area (Å²) in [5.41, 5.74) is 0. The molecule has 184 valence electrons. The Kier molecular flexibility index (Phi) is 29.0. The minimum Gasteiger partial charge on any atom is -0.0888 e. The molecule has 0 heteroatoms. The van der Waals surface area contributed by atoms with Crippen LogP contribution in [0.5, 0.6) is 0 Å². The Labute approximate surface area is 198 Å². The fourth-order valence-electron chi connectivity index (χ4n) is 4.39. The molecule has 0 saturated carbocycles. The van der Waals surface area contributed by atoms with Gasteiger partial charge in [-0.05, 0) is 44.9 Å². The highest BCUT2D eigenvalue weighted by molar-refractivity contribution is 4.81. The Hall–Kier alpha value is -0.520. The van der Waals surface area contributed by atoms with E-state index in [9.17, 15) is 0 Å². The van der Waals surface area contributed by atoms with Gasteiger partial charge in [-0.1, -0.05) is 154 Å². The molecule has 0 amide bonds. The Morgan fingerprint density at radius 3 is 0.839 bits per heavy atom. The molecule has 0 aliphatic rings. The standard InChI is InChI=1S/C31H60/c1-3-5-7-9-11-13-15-17-19-21-23-25-27-29-31-30-28-26-24-22-20-18-16-14-12-10-8-6-4-2/h5,7,18,20H,3-4,6,8-17,19,21-31H2,1-2H3/b7-5-,20-18-. The van der Waals surface area contributed by atoms with Crippen LogP contribution in [-0.4, -0.2) is 0 Å². The summed E-state index contributed by atoms with van der Waals surface area (Å²) in [6, 6.07) is 0. The Morgan fingerprint density at radius 2 is 0.548 bits per heavy atom. The van der Waals surface area contributed by atoms with E-state index in [1.807, 2.05) is 0 Å². The van der Waals surface area contributed by atoms with Crippen LogP contribution in [0.4, 0.5) is 0 Å². The van der Waals surface area contributed by atoms with Crippen molar-refractivity contribution in [2.24, 2.45) is 0 Å². The molecule has 0 aromatic rings. The first-order chi connectivity index (χ1) is 15.4. The molecule has 0 aliphatic carbocycles. The van der Waals surface area contributed by atoms with E-state index in [2.05, 4.69) is 38.2 Å².